The van der Waals surface area contributed by atoms with Crippen LogP contribution in [0.3, 0.4) is 0 Å². The van der Waals surface area contributed by atoms with E-state index in [9.17, 15) is 4.79 Å². The number of hydrogen-bond donors (Lipinski definition) is 2. The average Bonchev–Trinajstić information content (AvgIpc) is 2.61. The molecule has 1 aromatic rings. The van der Waals surface area contributed by atoms with Crippen molar-refractivity contribution < 1.29 is 9.90 Å². The Bertz CT molecular complexity index is 406. The molecule has 0 saturated carbocycles. The highest BCUT2D eigenvalue weighted by Crippen LogP contribution is 2.24. The van der Waals surface area contributed by atoms with E-state index in [1.807, 2.05) is 30.3 Å². The van der Waals surface area contributed by atoms with Crippen molar-refractivity contribution in [1.29, 1.82) is 0 Å². The molecule has 1 saturated heterocycles. The SMILES string of the molecule is O=C1NC(=Nc2ccccc2)SC1CCO. The molecular weight excluding hydrogens is 224 g/mol. The lowest BCUT2D eigenvalue weighted by molar-refractivity contribution is -0.119. The van der Waals surface area contributed by atoms with Gasteiger partial charge < -0.3 is 10.4 Å². The minimum atomic E-state index is -0.215. The molecule has 1 unspecified atom stereocenters. The summed E-state index contributed by atoms with van der Waals surface area (Å²) in [6.07, 6.45) is 0.463. The van der Waals surface area contributed by atoms with Crippen LogP contribution < -0.4 is 5.32 Å². The summed E-state index contributed by atoms with van der Waals surface area (Å²) in [4.78, 5) is 15.7. The van der Waals surface area contributed by atoms with E-state index in [0.717, 1.165) is 5.69 Å². The minimum Gasteiger partial charge on any atom is -0.396 e. The molecular formula is C11H12N2O2S. The predicted octanol–water partition coefficient (Wildman–Crippen LogP) is 1.29. The van der Waals surface area contributed by atoms with E-state index < -0.39 is 0 Å². The van der Waals surface area contributed by atoms with Crippen LogP contribution in [0.25, 0.3) is 0 Å². The maximum Gasteiger partial charge on any atom is 0.239 e. The van der Waals surface area contributed by atoms with Gasteiger partial charge in [-0.1, -0.05) is 30.0 Å². The molecule has 0 radical (unpaired) electrons. The van der Waals surface area contributed by atoms with Gasteiger partial charge >= 0.3 is 0 Å². The molecule has 0 aliphatic carbocycles. The van der Waals surface area contributed by atoms with Crippen molar-refractivity contribution in [2.75, 3.05) is 6.61 Å². The molecule has 1 atom stereocenters. The van der Waals surface area contributed by atoms with Gasteiger partial charge in [-0.15, -0.1) is 0 Å². The van der Waals surface area contributed by atoms with Gasteiger partial charge in [0.25, 0.3) is 0 Å². The van der Waals surface area contributed by atoms with E-state index in [1.54, 1.807) is 0 Å². The predicted molar refractivity (Wildman–Crippen MR) is 64.8 cm³/mol. The lowest BCUT2D eigenvalue weighted by atomic mass is 10.3. The number of nitrogens with one attached hydrogen (secondary N) is 1. The van der Waals surface area contributed by atoms with Crippen LogP contribution in [0, 0.1) is 0 Å². The van der Waals surface area contributed by atoms with Crippen LogP contribution in [0.5, 0.6) is 0 Å². The molecule has 5 heteroatoms. The maximum atomic E-state index is 11.4. The van der Waals surface area contributed by atoms with Gasteiger partial charge in [-0.25, -0.2) is 4.99 Å². The maximum absolute atomic E-state index is 11.4. The number of aliphatic imine (C=N–C) groups is 1. The molecule has 0 bridgehead atoms. The third-order valence-electron chi connectivity index (χ3n) is 2.15. The van der Waals surface area contributed by atoms with Gasteiger partial charge in [0.2, 0.25) is 5.91 Å². The molecule has 16 heavy (non-hydrogen) atoms. The van der Waals surface area contributed by atoms with E-state index in [2.05, 4.69) is 10.3 Å². The van der Waals surface area contributed by atoms with Crippen molar-refractivity contribution in [2.24, 2.45) is 4.99 Å². The number of aliphatic hydroxyl groups is 1. The molecule has 1 aromatic carbocycles. The number of carbonyl (C=O) groups excluding carboxylic acids is 1. The lowest BCUT2D eigenvalue weighted by Crippen LogP contribution is -2.25. The van der Waals surface area contributed by atoms with Crippen molar-refractivity contribution in [3.8, 4) is 0 Å². The number of nitrogens with zero attached hydrogens (tertiary/aromatic N) is 1. The summed E-state index contributed by atoms with van der Waals surface area (Å²) >= 11 is 1.37. The Balaban J connectivity index is 2.08. The van der Waals surface area contributed by atoms with E-state index in [1.165, 1.54) is 11.8 Å². The Morgan fingerprint density at radius 3 is 2.81 bits per heavy atom. The topological polar surface area (TPSA) is 61.7 Å². The number of carbonyl (C=O) groups is 1. The normalized spacial score (nSPS) is 22.4. The van der Waals surface area contributed by atoms with E-state index in [0.29, 0.717) is 11.6 Å². The van der Waals surface area contributed by atoms with Crippen molar-refractivity contribution in [1.82, 2.24) is 5.32 Å². The molecule has 1 amide bonds. The van der Waals surface area contributed by atoms with Gasteiger partial charge in [-0.05, 0) is 18.6 Å². The summed E-state index contributed by atoms with van der Waals surface area (Å²) < 4.78 is 0. The summed E-state index contributed by atoms with van der Waals surface area (Å²) in [5, 5.41) is 11.9. The van der Waals surface area contributed by atoms with Gasteiger partial charge in [0.05, 0.1) is 10.9 Å². The first-order chi connectivity index (χ1) is 7.79. The number of para-hydroxylation sites is 1. The second-order valence-corrected chi connectivity index (χ2v) is 4.55. The largest absolute Gasteiger partial charge is 0.396 e. The fourth-order valence-electron chi connectivity index (χ4n) is 1.38. The van der Waals surface area contributed by atoms with Crippen LogP contribution in [-0.2, 0) is 4.79 Å². The van der Waals surface area contributed by atoms with Crippen molar-refractivity contribution in [2.45, 2.75) is 11.7 Å². The summed E-state index contributed by atoms with van der Waals surface area (Å²) in [5.41, 5.74) is 0.815. The Labute approximate surface area is 97.8 Å². The highest BCUT2D eigenvalue weighted by atomic mass is 32.2. The van der Waals surface area contributed by atoms with Crippen LogP contribution in [0.15, 0.2) is 35.3 Å². The first kappa shape index (κ1) is 11.2. The number of aliphatic hydroxyl groups excluding tert-OH is 1. The zero-order valence-electron chi connectivity index (χ0n) is 8.59. The van der Waals surface area contributed by atoms with Crippen molar-refractivity contribution in [3.05, 3.63) is 30.3 Å². The van der Waals surface area contributed by atoms with Gasteiger partial charge in [0, 0.05) is 6.61 Å². The summed E-state index contributed by atoms with van der Waals surface area (Å²) in [6, 6.07) is 9.45. The third-order valence-corrected chi connectivity index (χ3v) is 3.31. The smallest absolute Gasteiger partial charge is 0.239 e. The van der Waals surface area contributed by atoms with Crippen LogP contribution in [0.1, 0.15) is 6.42 Å². The van der Waals surface area contributed by atoms with Crippen LogP contribution in [0.2, 0.25) is 0 Å². The summed E-state index contributed by atoms with van der Waals surface area (Å²) in [6.45, 7) is 0.0176. The molecule has 0 aromatic heterocycles. The molecule has 2 rings (SSSR count). The molecule has 84 valence electrons. The number of hydrogen-bond acceptors (Lipinski definition) is 4. The van der Waals surface area contributed by atoms with E-state index in [4.69, 9.17) is 5.11 Å². The highest BCUT2D eigenvalue weighted by Gasteiger charge is 2.29. The van der Waals surface area contributed by atoms with E-state index >= 15 is 0 Å². The van der Waals surface area contributed by atoms with Gasteiger partial charge in [0.1, 0.15) is 0 Å². The number of benzene rings is 1. The summed E-state index contributed by atoms with van der Waals surface area (Å²) in [7, 11) is 0. The monoisotopic (exact) mass is 236 g/mol. The van der Waals surface area contributed by atoms with Crippen molar-refractivity contribution >= 4 is 28.5 Å². The second kappa shape index (κ2) is 5.14. The molecule has 1 fully saturated rings. The van der Waals surface area contributed by atoms with Gasteiger partial charge in [-0.3, -0.25) is 4.79 Å². The number of amides is 1. The molecule has 2 N–H and O–H groups in total. The number of thioether (sulfide) groups is 1. The Morgan fingerprint density at radius 2 is 2.12 bits per heavy atom. The Morgan fingerprint density at radius 1 is 1.38 bits per heavy atom. The third kappa shape index (κ3) is 2.62. The number of amidine groups is 1. The molecule has 0 spiro atoms. The van der Waals surface area contributed by atoms with Crippen LogP contribution in [-0.4, -0.2) is 28.0 Å². The highest BCUT2D eigenvalue weighted by molar-refractivity contribution is 8.15. The molecule has 1 aliphatic heterocycles. The zero-order chi connectivity index (χ0) is 11.4. The summed E-state index contributed by atoms with van der Waals surface area (Å²) in [5.74, 6) is -0.0752. The molecule has 1 heterocycles. The number of rotatable bonds is 3. The van der Waals surface area contributed by atoms with Crippen LogP contribution in [0.4, 0.5) is 5.69 Å². The van der Waals surface area contributed by atoms with E-state index in [-0.39, 0.29) is 17.8 Å². The first-order valence-corrected chi connectivity index (χ1v) is 5.89. The zero-order valence-corrected chi connectivity index (χ0v) is 9.41. The average molecular weight is 236 g/mol. The van der Waals surface area contributed by atoms with Crippen molar-refractivity contribution in [3.63, 3.8) is 0 Å². The molecule has 1 aliphatic rings. The molecule has 4 nitrogen and oxygen atoms in total. The van der Waals surface area contributed by atoms with Crippen LogP contribution >= 0.6 is 11.8 Å². The van der Waals surface area contributed by atoms with Gasteiger partial charge in [0.15, 0.2) is 5.17 Å². The quantitative estimate of drug-likeness (QED) is 0.831. The second-order valence-electron chi connectivity index (χ2n) is 3.36. The Hall–Kier alpha value is -1.33. The lowest BCUT2D eigenvalue weighted by Gasteiger charge is -1.99. The van der Waals surface area contributed by atoms with Gasteiger partial charge in [-0.2, -0.15) is 0 Å². The standard InChI is InChI=1S/C11H12N2O2S/c14-7-6-9-10(15)13-11(16-9)12-8-4-2-1-3-5-8/h1-5,9,14H,6-7H2,(H,12,13,15). The fourth-order valence-corrected chi connectivity index (χ4v) is 2.36. The minimum absolute atomic E-state index is 0.0176. The first-order valence-electron chi connectivity index (χ1n) is 5.01. The fraction of sp³-hybridized carbons (Fsp3) is 0.273. The Kier molecular flexibility index (Phi) is 3.58.